The number of aromatic amines is 2. The van der Waals surface area contributed by atoms with Crippen molar-refractivity contribution in [2.45, 2.75) is 105 Å². The van der Waals surface area contributed by atoms with E-state index in [1.807, 2.05) is 6.20 Å². The number of nitrogens with one attached hydrogen (secondary N) is 2. The van der Waals surface area contributed by atoms with E-state index in [0.717, 1.165) is 80.0 Å². The molecule has 3 unspecified atom stereocenters. The summed E-state index contributed by atoms with van der Waals surface area (Å²) in [6.45, 7) is 24.3. The molecule has 1 aliphatic heterocycles. The second-order valence-electron chi connectivity index (χ2n) is 14.9. The van der Waals surface area contributed by atoms with E-state index in [9.17, 15) is 0 Å². The van der Waals surface area contributed by atoms with Crippen molar-refractivity contribution in [1.82, 2.24) is 29.7 Å². The fourth-order valence-corrected chi connectivity index (χ4v) is 8.04. The maximum atomic E-state index is 5.18. The quantitative estimate of drug-likeness (QED) is 0.133. The van der Waals surface area contributed by atoms with E-state index >= 15 is 0 Å². The van der Waals surface area contributed by atoms with Crippen LogP contribution in [0.5, 0.6) is 0 Å². The number of nitrogens with zero attached hydrogens (tertiary/aromatic N) is 4. The number of fused-ring (bicyclic) bond motifs is 6. The van der Waals surface area contributed by atoms with Crippen LogP contribution < -0.4 is 0 Å². The van der Waals surface area contributed by atoms with Crippen molar-refractivity contribution in [3.05, 3.63) is 96.0 Å². The van der Waals surface area contributed by atoms with Gasteiger partial charge in [-0.1, -0.05) is 72.4 Å². The van der Waals surface area contributed by atoms with Crippen LogP contribution in [0, 0.1) is 11.8 Å². The highest BCUT2D eigenvalue weighted by atomic mass is 15.3. The lowest BCUT2D eigenvalue weighted by Gasteiger charge is -2.50. The molecule has 1 aliphatic carbocycles. The molecule has 2 N–H and O–H groups in total. The first-order chi connectivity index (χ1) is 23.7. The molecule has 2 aromatic heterocycles. The number of allylic oxidation sites excluding steroid dienone is 2. The minimum atomic E-state index is 0.282. The van der Waals surface area contributed by atoms with Crippen LogP contribution in [0.2, 0.25) is 0 Å². The van der Waals surface area contributed by atoms with Gasteiger partial charge in [-0.25, -0.2) is 9.97 Å². The summed E-state index contributed by atoms with van der Waals surface area (Å²) in [6.07, 6.45) is 9.57. The third-order valence-corrected chi connectivity index (χ3v) is 11.5. The SMILES string of the molecule is C=C(CC(C)CC)N(CCC)Cc1nc2c(ccc3cc4c(cc32)CCc2cc(-c3cnc(C5C[C@H](C)N5C(=C)C(C)CC)[nH]3)ccc2-4)[nH]1. The number of imidazole rings is 2. The van der Waals surface area contributed by atoms with Crippen LogP contribution in [0.15, 0.2) is 73.2 Å². The summed E-state index contributed by atoms with van der Waals surface area (Å²) in [5.41, 5.74) is 12.4. The molecule has 1 fully saturated rings. The smallest absolute Gasteiger partial charge is 0.129 e. The summed E-state index contributed by atoms with van der Waals surface area (Å²) in [7, 11) is 0. The second-order valence-corrected chi connectivity index (χ2v) is 14.9. The monoisotopic (exact) mass is 654 g/mol. The predicted molar refractivity (Wildman–Crippen MR) is 205 cm³/mol. The number of benzene rings is 3. The molecule has 6 nitrogen and oxygen atoms in total. The summed E-state index contributed by atoms with van der Waals surface area (Å²) in [4.78, 5) is 22.3. The van der Waals surface area contributed by atoms with Gasteiger partial charge in [0, 0.05) is 29.4 Å². The molecular formula is C43H54N6. The van der Waals surface area contributed by atoms with E-state index in [1.54, 1.807) is 0 Å². The van der Waals surface area contributed by atoms with Gasteiger partial charge in [0.2, 0.25) is 0 Å². The second kappa shape index (κ2) is 13.5. The van der Waals surface area contributed by atoms with E-state index in [0.29, 0.717) is 17.9 Å². The molecule has 5 aromatic rings. The van der Waals surface area contributed by atoms with Crippen LogP contribution >= 0.6 is 0 Å². The van der Waals surface area contributed by atoms with Crippen LogP contribution in [-0.4, -0.2) is 42.3 Å². The van der Waals surface area contributed by atoms with Crippen molar-refractivity contribution in [3.8, 4) is 22.4 Å². The molecule has 1 saturated heterocycles. The third kappa shape index (κ3) is 6.19. The van der Waals surface area contributed by atoms with Gasteiger partial charge in [-0.05, 0) is 115 Å². The van der Waals surface area contributed by atoms with Gasteiger partial charge in [-0.2, -0.15) is 0 Å². The van der Waals surface area contributed by atoms with Crippen LogP contribution in [0.4, 0.5) is 0 Å². The van der Waals surface area contributed by atoms with Crippen LogP contribution in [-0.2, 0) is 19.4 Å². The van der Waals surface area contributed by atoms with Crippen molar-refractivity contribution in [2.24, 2.45) is 11.8 Å². The minimum Gasteiger partial charge on any atom is -0.368 e. The number of hydrogen-bond donors (Lipinski definition) is 2. The molecule has 7 rings (SSSR count). The summed E-state index contributed by atoms with van der Waals surface area (Å²) < 4.78 is 0. The highest BCUT2D eigenvalue weighted by Crippen LogP contribution is 2.43. The predicted octanol–water partition coefficient (Wildman–Crippen LogP) is 10.7. The Kier molecular flexibility index (Phi) is 9.17. The maximum Gasteiger partial charge on any atom is 0.129 e. The largest absolute Gasteiger partial charge is 0.368 e. The minimum absolute atomic E-state index is 0.282. The van der Waals surface area contributed by atoms with Gasteiger partial charge in [0.1, 0.15) is 11.6 Å². The van der Waals surface area contributed by atoms with E-state index in [2.05, 4.69) is 117 Å². The Morgan fingerprint density at radius 1 is 0.980 bits per heavy atom. The number of likely N-dealkylation sites (tertiary alicyclic amines) is 1. The van der Waals surface area contributed by atoms with Crippen molar-refractivity contribution >= 4 is 21.8 Å². The van der Waals surface area contributed by atoms with Crippen molar-refractivity contribution < 1.29 is 0 Å². The molecule has 0 bridgehead atoms. The van der Waals surface area contributed by atoms with E-state index in [1.165, 1.54) is 56.4 Å². The molecule has 4 atom stereocenters. The number of H-pyrrole nitrogens is 2. The highest BCUT2D eigenvalue weighted by Gasteiger charge is 2.39. The molecule has 0 saturated carbocycles. The molecule has 49 heavy (non-hydrogen) atoms. The van der Waals surface area contributed by atoms with Gasteiger partial charge in [-0.3, -0.25) is 0 Å². The van der Waals surface area contributed by atoms with Gasteiger partial charge in [0.15, 0.2) is 0 Å². The zero-order valence-electron chi connectivity index (χ0n) is 30.5. The van der Waals surface area contributed by atoms with Crippen molar-refractivity contribution in [2.75, 3.05) is 6.54 Å². The van der Waals surface area contributed by atoms with Gasteiger partial charge in [0.05, 0.1) is 35.5 Å². The van der Waals surface area contributed by atoms with Gasteiger partial charge >= 0.3 is 0 Å². The van der Waals surface area contributed by atoms with E-state index in [4.69, 9.17) is 9.97 Å². The molecule has 0 radical (unpaired) electrons. The molecule has 3 heterocycles. The Morgan fingerprint density at radius 3 is 2.51 bits per heavy atom. The molecule has 3 aromatic carbocycles. The van der Waals surface area contributed by atoms with Crippen LogP contribution in [0.3, 0.4) is 0 Å². The topological polar surface area (TPSA) is 63.8 Å². The molecule has 6 heteroatoms. The molecule has 2 aliphatic rings. The van der Waals surface area contributed by atoms with E-state index < -0.39 is 0 Å². The van der Waals surface area contributed by atoms with Crippen molar-refractivity contribution in [3.63, 3.8) is 0 Å². The number of aromatic nitrogens is 4. The first kappa shape index (κ1) is 33.2. The zero-order valence-corrected chi connectivity index (χ0v) is 30.5. The van der Waals surface area contributed by atoms with Crippen molar-refractivity contribution in [1.29, 1.82) is 0 Å². The standard InChI is InChI=1S/C43H54N6/c1-9-18-48(28(6)19-26(4)10-2)25-41-45-38-17-15-33-22-36-32(23-37(33)42(38)47-41)13-12-31-21-34(14-16-35(31)36)39-24-44-43(46-39)40-20-29(7)49(40)30(8)27(5)11-3/h14-17,21-24,26-27,29,40H,6,8-13,18-20,25H2,1-5,7H3,(H,44,46)(H,45,47)/t26?,27?,29-,40?/m0/s1. The maximum absolute atomic E-state index is 5.18. The molecule has 0 spiro atoms. The zero-order chi connectivity index (χ0) is 34.4. The molecule has 256 valence electrons. The Morgan fingerprint density at radius 2 is 1.78 bits per heavy atom. The third-order valence-electron chi connectivity index (χ3n) is 11.5. The Balaban J connectivity index is 1.14. The Labute approximate surface area is 292 Å². The highest BCUT2D eigenvalue weighted by molar-refractivity contribution is 6.06. The Bertz CT molecular complexity index is 2010. The lowest BCUT2D eigenvalue weighted by atomic mass is 9.83. The lowest BCUT2D eigenvalue weighted by Crippen LogP contribution is -2.48. The summed E-state index contributed by atoms with van der Waals surface area (Å²) in [5.74, 6) is 3.18. The number of hydrogen-bond acceptors (Lipinski definition) is 4. The average molecular weight is 655 g/mol. The Hall–Kier alpha value is -4.32. The van der Waals surface area contributed by atoms with Gasteiger partial charge in [0.25, 0.3) is 0 Å². The fraction of sp³-hybridized carbons (Fsp3) is 0.442. The lowest BCUT2D eigenvalue weighted by molar-refractivity contribution is 0.0476. The number of rotatable bonds is 13. The molecule has 0 amide bonds. The molecular weight excluding hydrogens is 601 g/mol. The van der Waals surface area contributed by atoms with Crippen LogP contribution in [0.1, 0.15) is 102 Å². The number of aryl methyl sites for hydroxylation is 2. The summed E-state index contributed by atoms with van der Waals surface area (Å²) >= 11 is 0. The van der Waals surface area contributed by atoms with E-state index in [-0.39, 0.29) is 6.04 Å². The van der Waals surface area contributed by atoms with Gasteiger partial charge < -0.3 is 19.8 Å². The normalized spacial score (nSPS) is 18.2. The summed E-state index contributed by atoms with van der Waals surface area (Å²) in [5, 5.41) is 2.48. The van der Waals surface area contributed by atoms with Crippen LogP contribution in [0.25, 0.3) is 44.2 Å². The van der Waals surface area contributed by atoms with Gasteiger partial charge in [-0.15, -0.1) is 0 Å². The first-order valence-corrected chi connectivity index (χ1v) is 18.7. The first-order valence-electron chi connectivity index (χ1n) is 18.7. The summed E-state index contributed by atoms with van der Waals surface area (Å²) in [6, 6.07) is 17.0. The average Bonchev–Trinajstić information content (AvgIpc) is 3.76. The fourth-order valence-electron chi connectivity index (χ4n) is 8.04.